The van der Waals surface area contributed by atoms with Gasteiger partial charge >= 0.3 is 6.03 Å². The number of carbonyl (C=O) groups excluding carboxylic acids is 4. The topological polar surface area (TPSA) is 168 Å². The first-order chi connectivity index (χ1) is 16.1. The summed E-state index contributed by atoms with van der Waals surface area (Å²) < 4.78 is 0. The minimum absolute atomic E-state index is 0.183. The molecule has 0 saturated heterocycles. The maximum atomic E-state index is 13.0. The van der Waals surface area contributed by atoms with Crippen LogP contribution in [0.15, 0.2) is 24.3 Å². The maximum Gasteiger partial charge on any atom is 0.312 e. The monoisotopic (exact) mass is 475 g/mol. The Hall–Kier alpha value is -3.14. The molecule has 1 aromatic rings. The van der Waals surface area contributed by atoms with E-state index in [0.717, 1.165) is 18.4 Å². The first-order valence-electron chi connectivity index (χ1n) is 11.7. The Morgan fingerprint density at radius 1 is 0.941 bits per heavy atom. The fourth-order valence-corrected chi connectivity index (χ4v) is 3.25. The second-order valence-electron chi connectivity index (χ2n) is 8.57. The van der Waals surface area contributed by atoms with Crippen molar-refractivity contribution in [3.05, 3.63) is 36.8 Å². The van der Waals surface area contributed by atoms with Gasteiger partial charge in [-0.2, -0.15) is 0 Å². The summed E-state index contributed by atoms with van der Waals surface area (Å²) in [4.78, 5) is 49.2. The molecule has 34 heavy (non-hydrogen) atoms. The maximum absolute atomic E-state index is 13.0. The van der Waals surface area contributed by atoms with Crippen molar-refractivity contribution < 1.29 is 19.2 Å². The zero-order valence-corrected chi connectivity index (χ0v) is 20.2. The lowest BCUT2D eigenvalue weighted by Gasteiger charge is -2.25. The summed E-state index contributed by atoms with van der Waals surface area (Å²) in [5, 5.41) is 10.8. The van der Waals surface area contributed by atoms with Gasteiger partial charge in [-0.15, -0.1) is 0 Å². The highest BCUT2D eigenvalue weighted by Crippen LogP contribution is 2.11. The fourth-order valence-electron chi connectivity index (χ4n) is 3.25. The van der Waals surface area contributed by atoms with E-state index in [1.54, 1.807) is 24.3 Å². The van der Waals surface area contributed by atoms with Crippen LogP contribution in [0.3, 0.4) is 0 Å². The Labute approximate surface area is 202 Å². The lowest BCUT2D eigenvalue weighted by molar-refractivity contribution is -0.132. The van der Waals surface area contributed by atoms with Crippen LogP contribution >= 0.6 is 0 Å². The van der Waals surface area contributed by atoms with E-state index in [-0.39, 0.29) is 24.8 Å². The first-order valence-corrected chi connectivity index (χ1v) is 11.7. The van der Waals surface area contributed by atoms with Gasteiger partial charge in [0.2, 0.25) is 17.7 Å². The van der Waals surface area contributed by atoms with Crippen LogP contribution in [0.25, 0.3) is 0 Å². The minimum atomic E-state index is -0.871. The smallest absolute Gasteiger partial charge is 0.312 e. The van der Waals surface area contributed by atoms with Gasteiger partial charge in [0.05, 0.1) is 0 Å². The molecule has 0 aliphatic rings. The number of hydrogen-bond donors (Lipinski definition) is 6. The minimum Gasteiger partial charge on any atom is -0.352 e. The number of carbonyl (C=O) groups is 4. The number of nitrogens with two attached hydrogens (primary N) is 2. The third kappa shape index (κ3) is 11.6. The van der Waals surface area contributed by atoms with Crippen molar-refractivity contribution in [2.45, 2.75) is 64.5 Å². The number of hydrogen-bond acceptors (Lipinski definition) is 5. The third-order valence-corrected chi connectivity index (χ3v) is 5.20. The molecule has 1 radical (unpaired) electrons. The quantitative estimate of drug-likeness (QED) is 0.210. The number of primary amides is 1. The van der Waals surface area contributed by atoms with Crippen LogP contribution < -0.4 is 32.7 Å². The largest absolute Gasteiger partial charge is 0.352 e. The molecule has 2 atom stereocenters. The van der Waals surface area contributed by atoms with Gasteiger partial charge in [0.25, 0.3) is 0 Å². The SMILES string of the molecule is [CH2]c1ccc(NC(=O)[C@H](CCCNC(N)=O)NC(=O)[C@@H](NC(=O)CCCCCN)C(C)C)cc1. The molecule has 0 heterocycles. The lowest BCUT2D eigenvalue weighted by Crippen LogP contribution is -2.54. The van der Waals surface area contributed by atoms with E-state index in [2.05, 4.69) is 28.2 Å². The summed E-state index contributed by atoms with van der Waals surface area (Å²) in [7, 11) is 0. The molecular formula is C24H39N6O4. The predicted molar refractivity (Wildman–Crippen MR) is 133 cm³/mol. The predicted octanol–water partition coefficient (Wildman–Crippen LogP) is 1.40. The van der Waals surface area contributed by atoms with E-state index in [4.69, 9.17) is 11.5 Å². The highest BCUT2D eigenvalue weighted by Gasteiger charge is 2.28. The van der Waals surface area contributed by atoms with Crippen LogP contribution in [-0.2, 0) is 14.4 Å². The Bertz CT molecular complexity index is 797. The van der Waals surface area contributed by atoms with Crippen LogP contribution in [0.5, 0.6) is 0 Å². The number of anilines is 1. The molecule has 0 aliphatic carbocycles. The van der Waals surface area contributed by atoms with E-state index in [1.165, 1.54) is 0 Å². The average Bonchev–Trinajstić information content (AvgIpc) is 2.78. The average molecular weight is 476 g/mol. The Balaban J connectivity index is 2.82. The molecule has 0 fully saturated rings. The van der Waals surface area contributed by atoms with Crippen molar-refractivity contribution in [3.8, 4) is 0 Å². The van der Waals surface area contributed by atoms with E-state index < -0.39 is 29.9 Å². The summed E-state index contributed by atoms with van der Waals surface area (Å²) in [6.45, 7) is 8.30. The highest BCUT2D eigenvalue weighted by atomic mass is 16.2. The molecule has 0 aromatic heterocycles. The normalized spacial score (nSPS) is 12.5. The van der Waals surface area contributed by atoms with Crippen molar-refractivity contribution in [1.29, 1.82) is 0 Å². The van der Waals surface area contributed by atoms with Crippen molar-refractivity contribution in [2.24, 2.45) is 17.4 Å². The fraction of sp³-hybridized carbons (Fsp3) is 0.542. The summed E-state index contributed by atoms with van der Waals surface area (Å²) >= 11 is 0. The number of amides is 5. The van der Waals surface area contributed by atoms with Crippen LogP contribution in [-0.4, -0.2) is 48.9 Å². The van der Waals surface area contributed by atoms with Gasteiger partial charge in [-0.25, -0.2) is 4.79 Å². The molecule has 8 N–H and O–H groups in total. The zero-order valence-electron chi connectivity index (χ0n) is 20.2. The Morgan fingerprint density at radius 2 is 1.62 bits per heavy atom. The first kappa shape index (κ1) is 28.9. The molecule has 0 bridgehead atoms. The van der Waals surface area contributed by atoms with E-state index in [0.29, 0.717) is 31.5 Å². The van der Waals surface area contributed by atoms with Gasteiger partial charge in [-0.1, -0.05) is 32.4 Å². The van der Waals surface area contributed by atoms with Crippen molar-refractivity contribution in [2.75, 3.05) is 18.4 Å². The van der Waals surface area contributed by atoms with Crippen molar-refractivity contribution >= 4 is 29.4 Å². The van der Waals surface area contributed by atoms with E-state index in [1.807, 2.05) is 13.8 Å². The van der Waals surface area contributed by atoms with Gasteiger partial charge in [-0.3, -0.25) is 14.4 Å². The molecule has 1 aromatic carbocycles. The van der Waals surface area contributed by atoms with Gasteiger partial charge in [0, 0.05) is 18.7 Å². The molecule has 189 valence electrons. The van der Waals surface area contributed by atoms with Gasteiger partial charge in [0.1, 0.15) is 12.1 Å². The number of benzene rings is 1. The number of rotatable bonds is 15. The van der Waals surface area contributed by atoms with E-state index >= 15 is 0 Å². The van der Waals surface area contributed by atoms with Crippen molar-refractivity contribution in [3.63, 3.8) is 0 Å². The number of unbranched alkanes of at least 4 members (excludes halogenated alkanes) is 2. The molecule has 0 unspecified atom stereocenters. The van der Waals surface area contributed by atoms with Crippen LogP contribution in [0, 0.1) is 12.8 Å². The van der Waals surface area contributed by atoms with Gasteiger partial charge in [-0.05, 0) is 62.8 Å². The molecule has 0 aliphatic heterocycles. The van der Waals surface area contributed by atoms with Crippen molar-refractivity contribution in [1.82, 2.24) is 16.0 Å². The molecule has 5 amide bonds. The number of nitrogens with one attached hydrogen (secondary N) is 4. The Morgan fingerprint density at radius 3 is 2.21 bits per heavy atom. The molecule has 1 rings (SSSR count). The van der Waals surface area contributed by atoms with Gasteiger partial charge < -0.3 is 32.7 Å². The summed E-state index contributed by atoms with van der Waals surface area (Å²) in [5.41, 5.74) is 11.9. The van der Waals surface area contributed by atoms with Crippen LogP contribution in [0.2, 0.25) is 0 Å². The summed E-state index contributed by atoms with van der Waals surface area (Å²) in [6, 6.07) is 4.64. The standard InChI is InChI=1S/C24H39N6O4/c1-16(2)21(30-20(31)9-5-4-6-14-25)23(33)29-19(8-7-15-27-24(26)34)22(32)28-18-12-10-17(3)11-13-18/h10-13,16,19,21H,3-9,14-15,25H2,1-2H3,(H,28,32)(H,29,33)(H,30,31)(H3,26,27,34)/t19-,21-/m0/s1. The number of urea groups is 1. The van der Waals surface area contributed by atoms with Gasteiger partial charge in [0.15, 0.2) is 0 Å². The zero-order chi connectivity index (χ0) is 25.5. The molecule has 0 saturated carbocycles. The molecular weight excluding hydrogens is 436 g/mol. The highest BCUT2D eigenvalue weighted by molar-refractivity contribution is 5.98. The second kappa shape index (κ2) is 15.7. The van der Waals surface area contributed by atoms with Crippen LogP contribution in [0.4, 0.5) is 10.5 Å². The Kier molecular flexibility index (Phi) is 13.3. The molecule has 10 heteroatoms. The van der Waals surface area contributed by atoms with Crippen LogP contribution in [0.1, 0.15) is 57.9 Å². The molecule has 10 nitrogen and oxygen atoms in total. The van der Waals surface area contributed by atoms with E-state index in [9.17, 15) is 19.2 Å². The lowest BCUT2D eigenvalue weighted by atomic mass is 10.0. The molecule has 0 spiro atoms. The summed E-state index contributed by atoms with van der Waals surface area (Å²) in [6.07, 6.45) is 3.38. The third-order valence-electron chi connectivity index (χ3n) is 5.20. The second-order valence-corrected chi connectivity index (χ2v) is 8.57. The summed E-state index contributed by atoms with van der Waals surface area (Å²) in [5.74, 6) is -1.25.